The van der Waals surface area contributed by atoms with Crippen LogP contribution in [0.1, 0.15) is 26.2 Å². The molecule has 0 spiro atoms. The molecule has 0 radical (unpaired) electrons. The molecule has 134 valence electrons. The van der Waals surface area contributed by atoms with Crippen LogP contribution < -0.4 is 11.1 Å². The second-order valence-corrected chi connectivity index (χ2v) is 8.04. The summed E-state index contributed by atoms with van der Waals surface area (Å²) in [6, 6.07) is 9.00. The van der Waals surface area contributed by atoms with Crippen LogP contribution in [0.25, 0.3) is 0 Å². The SMILES string of the molecule is CSc1ccccc1NC(=NCCSCCN)N1CCCCC1C. The summed E-state index contributed by atoms with van der Waals surface area (Å²) in [7, 11) is 0. The van der Waals surface area contributed by atoms with E-state index in [2.05, 4.69) is 47.7 Å². The number of hydrogen-bond acceptors (Lipinski definition) is 4. The molecular formula is C18H30N4S2. The summed E-state index contributed by atoms with van der Waals surface area (Å²) < 4.78 is 0. The second kappa shape index (κ2) is 10.9. The maximum atomic E-state index is 5.56. The maximum absolute atomic E-state index is 5.56. The van der Waals surface area contributed by atoms with Gasteiger partial charge in [0.1, 0.15) is 0 Å². The van der Waals surface area contributed by atoms with Gasteiger partial charge in [-0.2, -0.15) is 11.8 Å². The molecule has 1 aliphatic heterocycles. The molecule has 2 rings (SSSR count). The van der Waals surface area contributed by atoms with Crippen LogP contribution in [0, 0.1) is 0 Å². The molecule has 0 aromatic heterocycles. The lowest BCUT2D eigenvalue weighted by atomic mass is 10.0. The van der Waals surface area contributed by atoms with Gasteiger partial charge < -0.3 is 16.0 Å². The van der Waals surface area contributed by atoms with Gasteiger partial charge in [-0.05, 0) is 44.6 Å². The average Bonchev–Trinajstić information content (AvgIpc) is 2.61. The molecular weight excluding hydrogens is 336 g/mol. The summed E-state index contributed by atoms with van der Waals surface area (Å²) in [5, 5.41) is 3.61. The summed E-state index contributed by atoms with van der Waals surface area (Å²) in [5.74, 6) is 3.06. The molecule has 1 fully saturated rings. The van der Waals surface area contributed by atoms with Crippen molar-refractivity contribution < 1.29 is 0 Å². The van der Waals surface area contributed by atoms with E-state index in [0.717, 1.165) is 42.8 Å². The second-order valence-electron chi connectivity index (χ2n) is 5.97. The topological polar surface area (TPSA) is 53.6 Å². The van der Waals surface area contributed by atoms with Crippen LogP contribution in [0.5, 0.6) is 0 Å². The highest BCUT2D eigenvalue weighted by Gasteiger charge is 2.22. The molecule has 0 amide bonds. The van der Waals surface area contributed by atoms with E-state index in [1.807, 2.05) is 11.8 Å². The summed E-state index contributed by atoms with van der Waals surface area (Å²) >= 11 is 3.64. The van der Waals surface area contributed by atoms with Gasteiger partial charge in [0.05, 0.1) is 12.2 Å². The number of rotatable bonds is 7. The lowest BCUT2D eigenvalue weighted by molar-refractivity contribution is 0.257. The lowest BCUT2D eigenvalue weighted by Gasteiger charge is -2.36. The van der Waals surface area contributed by atoms with Crippen molar-refractivity contribution in [1.29, 1.82) is 0 Å². The molecule has 1 saturated heterocycles. The van der Waals surface area contributed by atoms with Crippen LogP contribution in [0.2, 0.25) is 0 Å². The van der Waals surface area contributed by atoms with E-state index >= 15 is 0 Å². The molecule has 1 unspecified atom stereocenters. The molecule has 24 heavy (non-hydrogen) atoms. The van der Waals surface area contributed by atoms with Crippen molar-refractivity contribution in [1.82, 2.24) is 4.90 Å². The average molecular weight is 367 g/mol. The highest BCUT2D eigenvalue weighted by molar-refractivity contribution is 7.99. The molecule has 1 aliphatic rings. The largest absolute Gasteiger partial charge is 0.340 e. The fourth-order valence-corrected chi connectivity index (χ4v) is 4.03. The van der Waals surface area contributed by atoms with Crippen LogP contribution in [0.3, 0.4) is 0 Å². The van der Waals surface area contributed by atoms with E-state index < -0.39 is 0 Å². The van der Waals surface area contributed by atoms with Gasteiger partial charge in [0.15, 0.2) is 5.96 Å². The summed E-state index contributed by atoms with van der Waals surface area (Å²) in [6.07, 6.45) is 5.92. The Hall–Kier alpha value is -0.850. The van der Waals surface area contributed by atoms with Gasteiger partial charge in [-0.25, -0.2) is 0 Å². The minimum atomic E-state index is 0.545. The molecule has 1 aromatic carbocycles. The summed E-state index contributed by atoms with van der Waals surface area (Å²) in [5.41, 5.74) is 6.71. The molecule has 0 saturated carbocycles. The summed E-state index contributed by atoms with van der Waals surface area (Å²) in [6.45, 7) is 4.96. The predicted octanol–water partition coefficient (Wildman–Crippen LogP) is 3.74. The van der Waals surface area contributed by atoms with Gasteiger partial charge >= 0.3 is 0 Å². The van der Waals surface area contributed by atoms with Crippen LogP contribution in [0.4, 0.5) is 5.69 Å². The molecule has 1 atom stereocenters. The van der Waals surface area contributed by atoms with E-state index in [0.29, 0.717) is 6.04 Å². The fraction of sp³-hybridized carbons (Fsp3) is 0.611. The smallest absolute Gasteiger partial charge is 0.198 e. The van der Waals surface area contributed by atoms with Gasteiger partial charge in [0, 0.05) is 35.5 Å². The number of nitrogens with one attached hydrogen (secondary N) is 1. The Morgan fingerprint density at radius 1 is 1.33 bits per heavy atom. The van der Waals surface area contributed by atoms with Crippen molar-refractivity contribution in [3.05, 3.63) is 24.3 Å². The number of piperidine rings is 1. The van der Waals surface area contributed by atoms with Crippen LogP contribution in [0.15, 0.2) is 34.2 Å². The number of likely N-dealkylation sites (tertiary alicyclic amines) is 1. The number of guanidine groups is 1. The number of thioether (sulfide) groups is 2. The first kappa shape index (κ1) is 19.5. The Labute approximate surface area is 155 Å². The van der Waals surface area contributed by atoms with Gasteiger partial charge in [0.25, 0.3) is 0 Å². The normalized spacial score (nSPS) is 18.7. The van der Waals surface area contributed by atoms with Crippen LogP contribution in [-0.4, -0.2) is 54.3 Å². The Balaban J connectivity index is 2.10. The zero-order valence-electron chi connectivity index (χ0n) is 14.8. The van der Waals surface area contributed by atoms with Crippen molar-refractivity contribution in [3.63, 3.8) is 0 Å². The standard InChI is InChI=1S/C18H30N4S2/c1-15-7-5-6-12-22(15)18(20-11-14-24-13-10-19)21-16-8-3-4-9-17(16)23-2/h3-4,8-9,15H,5-7,10-14,19H2,1-2H3,(H,20,21). The fourth-order valence-electron chi connectivity index (χ4n) is 2.88. The number of aliphatic imine (C=N–C) groups is 1. The molecule has 4 nitrogen and oxygen atoms in total. The highest BCUT2D eigenvalue weighted by Crippen LogP contribution is 2.26. The summed E-state index contributed by atoms with van der Waals surface area (Å²) in [4.78, 5) is 8.60. The van der Waals surface area contributed by atoms with Crippen molar-refractivity contribution in [2.75, 3.05) is 42.7 Å². The molecule has 3 N–H and O–H groups in total. The number of para-hydroxylation sites is 1. The first-order chi connectivity index (χ1) is 11.8. The van der Waals surface area contributed by atoms with E-state index in [-0.39, 0.29) is 0 Å². The van der Waals surface area contributed by atoms with Gasteiger partial charge in [-0.1, -0.05) is 12.1 Å². The van der Waals surface area contributed by atoms with E-state index in [1.165, 1.54) is 24.2 Å². The number of nitrogens with two attached hydrogens (primary N) is 1. The van der Waals surface area contributed by atoms with Crippen molar-refractivity contribution in [2.45, 2.75) is 37.1 Å². The van der Waals surface area contributed by atoms with Gasteiger partial charge in [-0.3, -0.25) is 4.99 Å². The van der Waals surface area contributed by atoms with Crippen molar-refractivity contribution in [2.24, 2.45) is 10.7 Å². The zero-order valence-corrected chi connectivity index (χ0v) is 16.5. The number of benzene rings is 1. The third-order valence-electron chi connectivity index (χ3n) is 4.19. The third-order valence-corrected chi connectivity index (χ3v) is 5.98. The number of hydrogen-bond donors (Lipinski definition) is 2. The lowest BCUT2D eigenvalue weighted by Crippen LogP contribution is -2.45. The Morgan fingerprint density at radius 3 is 2.92 bits per heavy atom. The quantitative estimate of drug-likeness (QED) is 0.333. The highest BCUT2D eigenvalue weighted by atomic mass is 32.2. The minimum absolute atomic E-state index is 0.545. The molecule has 1 heterocycles. The zero-order chi connectivity index (χ0) is 17.2. The van der Waals surface area contributed by atoms with Crippen molar-refractivity contribution >= 4 is 35.2 Å². The maximum Gasteiger partial charge on any atom is 0.198 e. The third kappa shape index (κ3) is 5.90. The minimum Gasteiger partial charge on any atom is -0.340 e. The van der Waals surface area contributed by atoms with Gasteiger partial charge in [-0.15, -0.1) is 11.8 Å². The van der Waals surface area contributed by atoms with Crippen LogP contribution >= 0.6 is 23.5 Å². The monoisotopic (exact) mass is 366 g/mol. The van der Waals surface area contributed by atoms with E-state index in [9.17, 15) is 0 Å². The Kier molecular flexibility index (Phi) is 8.84. The van der Waals surface area contributed by atoms with E-state index in [4.69, 9.17) is 10.7 Å². The molecule has 0 aliphatic carbocycles. The predicted molar refractivity (Wildman–Crippen MR) is 111 cm³/mol. The van der Waals surface area contributed by atoms with Gasteiger partial charge in [0.2, 0.25) is 0 Å². The van der Waals surface area contributed by atoms with Crippen LogP contribution in [-0.2, 0) is 0 Å². The molecule has 0 bridgehead atoms. The Morgan fingerprint density at radius 2 is 2.17 bits per heavy atom. The molecule has 1 aromatic rings. The van der Waals surface area contributed by atoms with Crippen molar-refractivity contribution in [3.8, 4) is 0 Å². The Bertz CT molecular complexity index is 521. The number of nitrogens with zero attached hydrogens (tertiary/aromatic N) is 2. The van der Waals surface area contributed by atoms with E-state index in [1.54, 1.807) is 11.8 Å². The number of anilines is 1. The molecule has 6 heteroatoms. The first-order valence-electron chi connectivity index (χ1n) is 8.75. The first-order valence-corrected chi connectivity index (χ1v) is 11.1.